The largest absolute Gasteiger partial charge is 0.457 e. The number of hydrogen-bond acceptors (Lipinski definition) is 9. The van der Waals surface area contributed by atoms with Crippen LogP contribution in [0.2, 0.25) is 5.02 Å². The normalized spacial score (nSPS) is 11.7. The second-order valence-electron chi connectivity index (χ2n) is 7.87. The molecule has 0 aliphatic carbocycles. The van der Waals surface area contributed by atoms with Crippen molar-refractivity contribution < 1.29 is 23.2 Å². The molecule has 4 rings (SSSR count). The molecule has 0 atom stereocenters. The summed E-state index contributed by atoms with van der Waals surface area (Å²) in [6.45, 7) is -1.54. The van der Waals surface area contributed by atoms with Gasteiger partial charge in [-0.05, 0) is 53.9 Å². The van der Waals surface area contributed by atoms with E-state index in [0.29, 0.717) is 36.1 Å². The molecule has 0 aliphatic rings. The number of aromatic nitrogens is 2. The highest BCUT2D eigenvalue weighted by Gasteiger charge is 2.30. The summed E-state index contributed by atoms with van der Waals surface area (Å²) in [5.41, 5.74) is -0.957. The standard InChI is InChI=1S/C23H21ClN4O7S2/c1-26(32)14-20(29)28(11-10-27-22(30)21-19(9-12-36-21)25-23(27)31)37(33,34)18-7-5-16(6-8-18)35-17-4-2-3-15(24)13-17/h2-9,12-13,32H,10-11,14H2,1H3,(H,25,31). The van der Waals surface area contributed by atoms with Gasteiger partial charge in [0.1, 0.15) is 22.7 Å². The lowest BCUT2D eigenvalue weighted by Crippen LogP contribution is -2.45. The summed E-state index contributed by atoms with van der Waals surface area (Å²) in [7, 11) is -3.24. The molecule has 0 bridgehead atoms. The Balaban J connectivity index is 1.61. The van der Waals surface area contributed by atoms with Crippen LogP contribution in [0.3, 0.4) is 0 Å². The Labute approximate surface area is 219 Å². The Morgan fingerprint density at radius 1 is 1.14 bits per heavy atom. The molecule has 14 heteroatoms. The van der Waals surface area contributed by atoms with Crippen LogP contribution in [0.5, 0.6) is 11.5 Å². The number of fused-ring (bicyclic) bond motifs is 1. The molecule has 0 unspecified atom stereocenters. The molecule has 194 valence electrons. The van der Waals surface area contributed by atoms with Gasteiger partial charge in [-0.2, -0.15) is 5.06 Å². The molecule has 1 amide bonds. The summed E-state index contributed by atoms with van der Waals surface area (Å²) in [5.74, 6) is -0.174. The Morgan fingerprint density at radius 2 is 1.86 bits per heavy atom. The van der Waals surface area contributed by atoms with E-state index in [2.05, 4.69) is 4.98 Å². The highest BCUT2D eigenvalue weighted by Crippen LogP contribution is 2.26. The van der Waals surface area contributed by atoms with Crippen molar-refractivity contribution in [3.8, 4) is 11.5 Å². The maximum atomic E-state index is 13.4. The fourth-order valence-corrected chi connectivity index (χ4v) is 5.85. The minimum absolute atomic E-state index is 0.227. The molecule has 0 fully saturated rings. The third kappa shape index (κ3) is 5.92. The van der Waals surface area contributed by atoms with Crippen LogP contribution in [0.4, 0.5) is 0 Å². The number of nitrogens with zero attached hydrogens (tertiary/aromatic N) is 3. The van der Waals surface area contributed by atoms with Crippen molar-refractivity contribution in [3.05, 3.63) is 85.8 Å². The summed E-state index contributed by atoms with van der Waals surface area (Å²) < 4.78 is 34.1. The third-order valence-electron chi connectivity index (χ3n) is 5.20. The van der Waals surface area contributed by atoms with Gasteiger partial charge in [0.2, 0.25) is 0 Å². The molecule has 2 heterocycles. The van der Waals surface area contributed by atoms with Gasteiger partial charge in [0.05, 0.1) is 17.0 Å². The lowest BCUT2D eigenvalue weighted by molar-refractivity contribution is -0.138. The van der Waals surface area contributed by atoms with Gasteiger partial charge < -0.3 is 14.9 Å². The third-order valence-corrected chi connectivity index (χ3v) is 8.18. The first kappa shape index (κ1) is 26.6. The molecule has 4 aromatic rings. The van der Waals surface area contributed by atoms with Gasteiger partial charge in [0.25, 0.3) is 21.5 Å². The smallest absolute Gasteiger partial charge is 0.328 e. The Kier molecular flexibility index (Phi) is 7.80. The lowest BCUT2D eigenvalue weighted by Gasteiger charge is -2.24. The zero-order valence-corrected chi connectivity index (χ0v) is 21.7. The molecular weight excluding hydrogens is 544 g/mol. The number of amides is 1. The van der Waals surface area contributed by atoms with Crippen molar-refractivity contribution >= 4 is 49.1 Å². The fraction of sp³-hybridized carbons (Fsp3) is 0.174. The van der Waals surface area contributed by atoms with Gasteiger partial charge in [-0.15, -0.1) is 11.3 Å². The minimum Gasteiger partial charge on any atom is -0.457 e. The SMILES string of the molecule is CN(O)CC(=O)N(CCn1c(=O)[nH]c2ccsc2c1=O)S(=O)(=O)c1ccc(Oc2cccc(Cl)c2)cc1. The van der Waals surface area contributed by atoms with E-state index in [-0.39, 0.29) is 4.90 Å². The van der Waals surface area contributed by atoms with E-state index in [1.807, 2.05) is 0 Å². The van der Waals surface area contributed by atoms with Crippen LogP contribution in [-0.4, -0.2) is 58.6 Å². The van der Waals surface area contributed by atoms with E-state index in [1.165, 1.54) is 31.3 Å². The summed E-state index contributed by atoms with van der Waals surface area (Å²) in [4.78, 5) is 40.3. The van der Waals surface area contributed by atoms with Gasteiger partial charge in [0.15, 0.2) is 0 Å². The number of carbonyl (C=O) groups excluding carboxylic acids is 1. The number of carbonyl (C=O) groups is 1. The van der Waals surface area contributed by atoms with E-state index in [4.69, 9.17) is 16.3 Å². The Hall–Kier alpha value is -3.49. The van der Waals surface area contributed by atoms with Gasteiger partial charge in [0, 0.05) is 18.6 Å². The number of hydroxylamine groups is 2. The number of H-pyrrole nitrogens is 1. The molecule has 0 spiro atoms. The lowest BCUT2D eigenvalue weighted by atomic mass is 10.3. The number of aromatic amines is 1. The Bertz CT molecular complexity index is 1660. The number of benzene rings is 2. The number of hydrogen-bond donors (Lipinski definition) is 2. The Morgan fingerprint density at radius 3 is 2.54 bits per heavy atom. The first-order valence-electron chi connectivity index (χ1n) is 10.8. The second kappa shape index (κ2) is 10.9. The van der Waals surface area contributed by atoms with Crippen LogP contribution in [0.15, 0.2) is 74.5 Å². The second-order valence-corrected chi connectivity index (χ2v) is 11.1. The first-order chi connectivity index (χ1) is 17.6. The first-order valence-corrected chi connectivity index (χ1v) is 13.5. The van der Waals surface area contributed by atoms with Crippen molar-refractivity contribution in [1.82, 2.24) is 18.9 Å². The zero-order chi connectivity index (χ0) is 26.7. The zero-order valence-electron chi connectivity index (χ0n) is 19.3. The predicted octanol–water partition coefficient (Wildman–Crippen LogP) is 2.74. The van der Waals surface area contributed by atoms with E-state index in [0.717, 1.165) is 15.9 Å². The summed E-state index contributed by atoms with van der Waals surface area (Å²) in [5, 5.41) is 12.2. The van der Waals surface area contributed by atoms with Crippen molar-refractivity contribution in [1.29, 1.82) is 0 Å². The number of sulfonamides is 1. The maximum Gasteiger partial charge on any atom is 0.328 e. The molecule has 0 aliphatic heterocycles. The van der Waals surface area contributed by atoms with Crippen molar-refractivity contribution in [3.63, 3.8) is 0 Å². The summed E-state index contributed by atoms with van der Waals surface area (Å²) in [6, 6.07) is 13.6. The van der Waals surface area contributed by atoms with E-state index >= 15 is 0 Å². The summed E-state index contributed by atoms with van der Waals surface area (Å²) >= 11 is 7.08. The quantitative estimate of drug-likeness (QED) is 0.296. The minimum atomic E-state index is -4.43. The number of thiophene rings is 1. The van der Waals surface area contributed by atoms with Crippen LogP contribution in [0, 0.1) is 0 Å². The molecule has 37 heavy (non-hydrogen) atoms. The highest BCUT2D eigenvalue weighted by atomic mass is 35.5. The van der Waals surface area contributed by atoms with Crippen molar-refractivity contribution in [2.45, 2.75) is 11.4 Å². The molecule has 0 saturated carbocycles. The summed E-state index contributed by atoms with van der Waals surface area (Å²) in [6.07, 6.45) is 0. The average molecular weight is 565 g/mol. The van der Waals surface area contributed by atoms with Crippen LogP contribution in [0.25, 0.3) is 10.2 Å². The van der Waals surface area contributed by atoms with Crippen molar-refractivity contribution in [2.24, 2.45) is 0 Å². The van der Waals surface area contributed by atoms with Crippen LogP contribution in [0.1, 0.15) is 0 Å². The van der Waals surface area contributed by atoms with E-state index in [1.54, 1.807) is 35.7 Å². The van der Waals surface area contributed by atoms with Gasteiger partial charge in [-0.1, -0.05) is 17.7 Å². The average Bonchev–Trinajstić information content (AvgIpc) is 3.29. The number of halogens is 1. The predicted molar refractivity (Wildman–Crippen MR) is 138 cm³/mol. The highest BCUT2D eigenvalue weighted by molar-refractivity contribution is 7.89. The molecule has 2 N–H and O–H groups in total. The molecule has 0 radical (unpaired) electrons. The monoisotopic (exact) mass is 564 g/mol. The molecular formula is C23H21ClN4O7S2. The van der Waals surface area contributed by atoms with Gasteiger partial charge >= 0.3 is 5.69 Å². The van der Waals surface area contributed by atoms with E-state index < -0.39 is 46.8 Å². The van der Waals surface area contributed by atoms with Crippen LogP contribution in [-0.2, 0) is 21.4 Å². The molecule has 11 nitrogen and oxygen atoms in total. The molecule has 2 aromatic carbocycles. The number of likely N-dealkylation sites (N-methyl/N-ethyl adjacent to an activating group) is 1. The van der Waals surface area contributed by atoms with Gasteiger partial charge in [-0.3, -0.25) is 14.2 Å². The molecule has 2 aromatic heterocycles. The number of nitrogens with one attached hydrogen (secondary N) is 1. The van der Waals surface area contributed by atoms with E-state index in [9.17, 15) is 28.0 Å². The number of ether oxygens (including phenoxy) is 1. The topological polar surface area (TPSA) is 142 Å². The van der Waals surface area contributed by atoms with Crippen molar-refractivity contribution in [2.75, 3.05) is 20.1 Å². The fourth-order valence-electron chi connectivity index (χ4n) is 3.49. The van der Waals surface area contributed by atoms with Gasteiger partial charge in [-0.25, -0.2) is 17.5 Å². The van der Waals surface area contributed by atoms with Crippen LogP contribution < -0.4 is 16.0 Å². The van der Waals surface area contributed by atoms with Crippen LogP contribution >= 0.6 is 22.9 Å². The maximum absolute atomic E-state index is 13.4. The molecule has 0 saturated heterocycles. The number of rotatable bonds is 9.